The summed E-state index contributed by atoms with van der Waals surface area (Å²) in [6.07, 6.45) is 0.683. The van der Waals surface area contributed by atoms with Crippen LogP contribution in [0.1, 0.15) is 33.7 Å². The van der Waals surface area contributed by atoms with Crippen molar-refractivity contribution in [2.75, 3.05) is 0 Å². The van der Waals surface area contributed by atoms with Crippen LogP contribution in [0.3, 0.4) is 0 Å². The zero-order valence-corrected chi connectivity index (χ0v) is 14.4. The second-order valence-corrected chi connectivity index (χ2v) is 6.48. The molecule has 25 heavy (non-hydrogen) atoms. The molecule has 0 aliphatic carbocycles. The molecule has 0 bridgehead atoms. The molecule has 0 aromatic heterocycles. The predicted octanol–water partition coefficient (Wildman–Crippen LogP) is 4.79. The third-order valence-electron chi connectivity index (χ3n) is 4.64. The summed E-state index contributed by atoms with van der Waals surface area (Å²) >= 11 is 0. The SMILES string of the molecule is Cc1cc(CC(c2ccc(O)c(C)c2)c2ccccc2O)ccc1O. The van der Waals surface area contributed by atoms with Crippen molar-refractivity contribution in [1.29, 1.82) is 0 Å². The van der Waals surface area contributed by atoms with Crippen LogP contribution in [-0.2, 0) is 6.42 Å². The first-order valence-corrected chi connectivity index (χ1v) is 8.31. The number of benzene rings is 3. The number of para-hydroxylation sites is 1. The fourth-order valence-corrected chi connectivity index (χ4v) is 3.17. The molecule has 3 heteroatoms. The zero-order chi connectivity index (χ0) is 18.0. The standard InChI is InChI=1S/C22H22O3/c1-14-11-16(7-9-20(14)23)13-19(18-5-3-4-6-22(18)25)17-8-10-21(24)15(2)12-17/h3-12,19,23-25H,13H2,1-2H3. The van der Waals surface area contributed by atoms with E-state index >= 15 is 0 Å². The fraction of sp³-hybridized carbons (Fsp3) is 0.182. The van der Waals surface area contributed by atoms with Gasteiger partial charge >= 0.3 is 0 Å². The average molecular weight is 334 g/mol. The van der Waals surface area contributed by atoms with Crippen LogP contribution in [0.25, 0.3) is 0 Å². The molecular formula is C22H22O3. The Balaban J connectivity index is 2.06. The summed E-state index contributed by atoms with van der Waals surface area (Å²) in [7, 11) is 0. The van der Waals surface area contributed by atoms with Crippen molar-refractivity contribution in [3.63, 3.8) is 0 Å². The molecule has 0 saturated carbocycles. The van der Waals surface area contributed by atoms with E-state index in [1.54, 1.807) is 18.2 Å². The molecule has 0 radical (unpaired) electrons. The van der Waals surface area contributed by atoms with Crippen LogP contribution in [0.5, 0.6) is 17.2 Å². The van der Waals surface area contributed by atoms with Gasteiger partial charge in [-0.1, -0.05) is 42.5 Å². The van der Waals surface area contributed by atoms with Gasteiger partial charge in [0.1, 0.15) is 17.2 Å². The molecule has 0 aliphatic rings. The molecule has 0 amide bonds. The molecular weight excluding hydrogens is 312 g/mol. The predicted molar refractivity (Wildman–Crippen MR) is 99.3 cm³/mol. The summed E-state index contributed by atoms with van der Waals surface area (Å²) in [4.78, 5) is 0. The van der Waals surface area contributed by atoms with E-state index in [4.69, 9.17) is 0 Å². The highest BCUT2D eigenvalue weighted by Crippen LogP contribution is 2.36. The molecule has 3 aromatic carbocycles. The van der Waals surface area contributed by atoms with E-state index in [9.17, 15) is 15.3 Å². The third-order valence-corrected chi connectivity index (χ3v) is 4.64. The second kappa shape index (κ2) is 6.89. The van der Waals surface area contributed by atoms with Gasteiger partial charge in [-0.3, -0.25) is 0 Å². The summed E-state index contributed by atoms with van der Waals surface area (Å²) in [6, 6.07) is 18.5. The first-order valence-electron chi connectivity index (χ1n) is 8.31. The highest BCUT2D eigenvalue weighted by atomic mass is 16.3. The van der Waals surface area contributed by atoms with E-state index in [1.165, 1.54) is 0 Å². The lowest BCUT2D eigenvalue weighted by atomic mass is 9.84. The molecule has 1 atom stereocenters. The molecule has 1 unspecified atom stereocenters. The normalized spacial score (nSPS) is 12.1. The minimum atomic E-state index is -0.0514. The Morgan fingerprint density at radius 2 is 1.36 bits per heavy atom. The minimum Gasteiger partial charge on any atom is -0.508 e. The summed E-state index contributed by atoms with van der Waals surface area (Å²) in [5, 5.41) is 29.9. The van der Waals surface area contributed by atoms with Crippen molar-refractivity contribution in [3.05, 3.63) is 88.5 Å². The van der Waals surface area contributed by atoms with Crippen LogP contribution in [0.2, 0.25) is 0 Å². The van der Waals surface area contributed by atoms with Crippen molar-refractivity contribution in [1.82, 2.24) is 0 Å². The molecule has 0 heterocycles. The van der Waals surface area contributed by atoms with Crippen LogP contribution >= 0.6 is 0 Å². The summed E-state index contributed by atoms with van der Waals surface area (Å²) < 4.78 is 0. The summed E-state index contributed by atoms with van der Waals surface area (Å²) in [5.74, 6) is 0.752. The van der Waals surface area contributed by atoms with Crippen molar-refractivity contribution in [2.45, 2.75) is 26.2 Å². The van der Waals surface area contributed by atoms with E-state index in [1.807, 2.05) is 56.3 Å². The number of hydrogen-bond donors (Lipinski definition) is 3. The van der Waals surface area contributed by atoms with Gasteiger partial charge in [-0.15, -0.1) is 0 Å². The Labute approximate surface area is 147 Å². The molecule has 0 aliphatic heterocycles. The van der Waals surface area contributed by atoms with E-state index in [0.29, 0.717) is 6.42 Å². The Kier molecular flexibility index (Phi) is 4.66. The molecule has 128 valence electrons. The number of phenols is 3. The van der Waals surface area contributed by atoms with E-state index in [0.717, 1.165) is 27.8 Å². The topological polar surface area (TPSA) is 60.7 Å². The van der Waals surface area contributed by atoms with E-state index in [2.05, 4.69) is 0 Å². The van der Waals surface area contributed by atoms with Crippen molar-refractivity contribution in [3.8, 4) is 17.2 Å². The molecule has 0 saturated heterocycles. The zero-order valence-electron chi connectivity index (χ0n) is 14.4. The van der Waals surface area contributed by atoms with Crippen LogP contribution < -0.4 is 0 Å². The van der Waals surface area contributed by atoms with Gasteiger partial charge < -0.3 is 15.3 Å². The lowest BCUT2D eigenvalue weighted by Crippen LogP contribution is -2.06. The summed E-state index contributed by atoms with van der Waals surface area (Å²) in [6.45, 7) is 3.74. The maximum absolute atomic E-state index is 10.4. The van der Waals surface area contributed by atoms with Gasteiger partial charge in [-0.2, -0.15) is 0 Å². The van der Waals surface area contributed by atoms with Gasteiger partial charge in [0, 0.05) is 11.5 Å². The van der Waals surface area contributed by atoms with Crippen molar-refractivity contribution in [2.24, 2.45) is 0 Å². The molecule has 3 aromatic rings. The highest BCUT2D eigenvalue weighted by molar-refractivity contribution is 5.46. The van der Waals surface area contributed by atoms with Gasteiger partial charge in [0.25, 0.3) is 0 Å². The molecule has 3 N–H and O–H groups in total. The van der Waals surface area contributed by atoms with Crippen LogP contribution in [0, 0.1) is 13.8 Å². The van der Waals surface area contributed by atoms with Gasteiger partial charge in [0.2, 0.25) is 0 Å². The monoisotopic (exact) mass is 334 g/mol. The lowest BCUT2D eigenvalue weighted by Gasteiger charge is -2.20. The number of aryl methyl sites for hydroxylation is 2. The number of phenolic OH excluding ortho intramolecular Hbond substituents is 3. The van der Waals surface area contributed by atoms with Gasteiger partial charge in [0.05, 0.1) is 0 Å². The Morgan fingerprint density at radius 1 is 0.720 bits per heavy atom. The smallest absolute Gasteiger partial charge is 0.119 e. The summed E-state index contributed by atoms with van der Waals surface area (Å²) in [5.41, 5.74) is 4.59. The quantitative estimate of drug-likeness (QED) is 0.642. The average Bonchev–Trinajstić information content (AvgIpc) is 2.59. The Bertz CT molecular complexity index is 900. The molecule has 3 nitrogen and oxygen atoms in total. The Morgan fingerprint density at radius 3 is 2.00 bits per heavy atom. The second-order valence-electron chi connectivity index (χ2n) is 6.48. The fourth-order valence-electron chi connectivity index (χ4n) is 3.17. The number of hydrogen-bond acceptors (Lipinski definition) is 3. The lowest BCUT2D eigenvalue weighted by molar-refractivity contribution is 0.463. The number of rotatable bonds is 4. The van der Waals surface area contributed by atoms with Crippen LogP contribution in [0.4, 0.5) is 0 Å². The molecule has 0 fully saturated rings. The van der Waals surface area contributed by atoms with Gasteiger partial charge in [-0.05, 0) is 60.7 Å². The third kappa shape index (κ3) is 3.61. The van der Waals surface area contributed by atoms with E-state index in [-0.39, 0.29) is 23.2 Å². The largest absolute Gasteiger partial charge is 0.508 e. The van der Waals surface area contributed by atoms with E-state index < -0.39 is 0 Å². The highest BCUT2D eigenvalue weighted by Gasteiger charge is 2.19. The maximum Gasteiger partial charge on any atom is 0.119 e. The van der Waals surface area contributed by atoms with Crippen molar-refractivity contribution >= 4 is 0 Å². The van der Waals surface area contributed by atoms with Crippen LogP contribution in [-0.4, -0.2) is 15.3 Å². The van der Waals surface area contributed by atoms with Crippen LogP contribution in [0.15, 0.2) is 60.7 Å². The first-order chi connectivity index (χ1) is 12.0. The minimum absolute atomic E-state index is 0.0514. The van der Waals surface area contributed by atoms with Crippen molar-refractivity contribution < 1.29 is 15.3 Å². The first kappa shape index (κ1) is 16.9. The number of aromatic hydroxyl groups is 3. The maximum atomic E-state index is 10.4. The van der Waals surface area contributed by atoms with Gasteiger partial charge in [-0.25, -0.2) is 0 Å². The Hall–Kier alpha value is -2.94. The molecule has 3 rings (SSSR count). The molecule has 0 spiro atoms. The van der Waals surface area contributed by atoms with Gasteiger partial charge in [0.15, 0.2) is 0 Å².